The maximum absolute atomic E-state index is 12.5. The van der Waals surface area contributed by atoms with Gasteiger partial charge in [-0.2, -0.15) is 4.39 Å². The molecule has 0 bridgehead atoms. The maximum Gasteiger partial charge on any atom is 0.213 e. The van der Waals surface area contributed by atoms with Gasteiger partial charge in [-0.3, -0.25) is 0 Å². The molecule has 0 spiro atoms. The van der Waals surface area contributed by atoms with Gasteiger partial charge >= 0.3 is 0 Å². The normalized spacial score (nSPS) is 18.1. The van der Waals surface area contributed by atoms with Crippen LogP contribution in [0.1, 0.15) is 12.8 Å². The van der Waals surface area contributed by atoms with Crippen LogP contribution in [0.15, 0.2) is 18.3 Å². The fourth-order valence-corrected chi connectivity index (χ4v) is 1.54. The predicted molar refractivity (Wildman–Crippen MR) is 50.7 cm³/mol. The molecule has 0 atom stereocenters. The van der Waals surface area contributed by atoms with Gasteiger partial charge in [0.25, 0.3) is 0 Å². The van der Waals surface area contributed by atoms with Gasteiger partial charge in [-0.1, -0.05) is 0 Å². The number of halogens is 1. The number of aromatic nitrogens is 1. The summed E-state index contributed by atoms with van der Waals surface area (Å²) in [4.78, 5) is 3.54. The highest BCUT2D eigenvalue weighted by atomic mass is 19.1. The summed E-state index contributed by atoms with van der Waals surface area (Å²) in [5, 5.41) is 3.25. The highest BCUT2D eigenvalue weighted by Crippen LogP contribution is 2.15. The minimum Gasteiger partial charge on any atom is -0.489 e. The van der Waals surface area contributed by atoms with Gasteiger partial charge in [0.2, 0.25) is 5.95 Å². The van der Waals surface area contributed by atoms with Crippen molar-refractivity contribution in [3.8, 4) is 5.75 Å². The molecule has 0 amide bonds. The van der Waals surface area contributed by atoms with E-state index >= 15 is 0 Å². The van der Waals surface area contributed by atoms with Crippen molar-refractivity contribution in [1.82, 2.24) is 10.3 Å². The lowest BCUT2D eigenvalue weighted by atomic mass is 10.1. The average Bonchev–Trinajstić information content (AvgIpc) is 2.23. The number of rotatable bonds is 2. The first-order valence-electron chi connectivity index (χ1n) is 4.83. The number of hydrogen-bond donors (Lipinski definition) is 1. The van der Waals surface area contributed by atoms with E-state index in [0.29, 0.717) is 5.75 Å². The van der Waals surface area contributed by atoms with Gasteiger partial charge < -0.3 is 10.1 Å². The van der Waals surface area contributed by atoms with Crippen LogP contribution in [-0.2, 0) is 0 Å². The minimum atomic E-state index is -0.470. The Labute approximate surface area is 82.3 Å². The molecule has 1 aromatic rings. The van der Waals surface area contributed by atoms with Crippen LogP contribution >= 0.6 is 0 Å². The van der Waals surface area contributed by atoms with Gasteiger partial charge in [0, 0.05) is 0 Å². The van der Waals surface area contributed by atoms with Crippen molar-refractivity contribution in [1.29, 1.82) is 0 Å². The number of piperidine rings is 1. The summed E-state index contributed by atoms with van der Waals surface area (Å²) in [7, 11) is 0. The van der Waals surface area contributed by atoms with Gasteiger partial charge in [0.15, 0.2) is 0 Å². The second-order valence-corrected chi connectivity index (χ2v) is 3.38. The third kappa shape index (κ3) is 2.42. The third-order valence-electron chi connectivity index (χ3n) is 2.29. The van der Waals surface area contributed by atoms with Crippen LogP contribution in [0.3, 0.4) is 0 Å². The Kier molecular flexibility index (Phi) is 2.93. The Hall–Kier alpha value is -1.16. The van der Waals surface area contributed by atoms with Crippen molar-refractivity contribution in [2.24, 2.45) is 0 Å². The topological polar surface area (TPSA) is 34.1 Å². The molecule has 0 aromatic carbocycles. The Morgan fingerprint density at radius 3 is 2.79 bits per heavy atom. The predicted octanol–water partition coefficient (Wildman–Crippen LogP) is 1.35. The van der Waals surface area contributed by atoms with Crippen molar-refractivity contribution in [3.63, 3.8) is 0 Å². The van der Waals surface area contributed by atoms with Crippen molar-refractivity contribution >= 4 is 0 Å². The summed E-state index contributed by atoms with van der Waals surface area (Å²) >= 11 is 0. The van der Waals surface area contributed by atoms with Crippen LogP contribution in [0.5, 0.6) is 5.75 Å². The summed E-state index contributed by atoms with van der Waals surface area (Å²) in [5.74, 6) is 0.181. The molecule has 0 saturated carbocycles. The third-order valence-corrected chi connectivity index (χ3v) is 2.29. The van der Waals surface area contributed by atoms with E-state index in [2.05, 4.69) is 10.3 Å². The molecule has 1 aliphatic rings. The van der Waals surface area contributed by atoms with Crippen LogP contribution in [0.4, 0.5) is 4.39 Å². The van der Waals surface area contributed by atoms with Crippen LogP contribution in [-0.4, -0.2) is 24.2 Å². The number of nitrogens with one attached hydrogen (secondary N) is 1. The van der Waals surface area contributed by atoms with Crippen molar-refractivity contribution in [2.75, 3.05) is 13.1 Å². The van der Waals surface area contributed by atoms with E-state index in [9.17, 15) is 4.39 Å². The standard InChI is InChI=1S/C10H13FN2O/c11-10-2-1-9(7-13-10)14-8-3-5-12-6-4-8/h1-2,7-8,12H,3-6H2. The molecule has 2 heterocycles. The van der Waals surface area contributed by atoms with E-state index < -0.39 is 5.95 Å². The molecule has 3 nitrogen and oxygen atoms in total. The number of pyridine rings is 1. The van der Waals surface area contributed by atoms with E-state index in [-0.39, 0.29) is 6.10 Å². The van der Waals surface area contributed by atoms with E-state index in [1.54, 1.807) is 6.07 Å². The first-order chi connectivity index (χ1) is 6.84. The summed E-state index contributed by atoms with van der Waals surface area (Å²) in [5.41, 5.74) is 0. The first kappa shape index (κ1) is 9.40. The van der Waals surface area contributed by atoms with E-state index in [0.717, 1.165) is 25.9 Å². The Morgan fingerprint density at radius 2 is 2.14 bits per heavy atom. The molecule has 1 saturated heterocycles. The van der Waals surface area contributed by atoms with Gasteiger partial charge in [-0.05, 0) is 38.1 Å². The van der Waals surface area contributed by atoms with Gasteiger partial charge in [-0.15, -0.1) is 0 Å². The number of hydrogen-bond acceptors (Lipinski definition) is 3. The van der Waals surface area contributed by atoms with Crippen molar-refractivity contribution < 1.29 is 9.13 Å². The zero-order valence-corrected chi connectivity index (χ0v) is 7.87. The minimum absolute atomic E-state index is 0.239. The first-order valence-corrected chi connectivity index (χ1v) is 4.83. The van der Waals surface area contributed by atoms with Crippen molar-refractivity contribution in [2.45, 2.75) is 18.9 Å². The second kappa shape index (κ2) is 4.37. The smallest absolute Gasteiger partial charge is 0.213 e. The zero-order chi connectivity index (χ0) is 9.80. The fraction of sp³-hybridized carbons (Fsp3) is 0.500. The summed E-state index contributed by atoms with van der Waals surface area (Å²) in [6.07, 6.45) is 3.66. The molecular weight excluding hydrogens is 183 g/mol. The van der Waals surface area contributed by atoms with Gasteiger partial charge in [-0.25, -0.2) is 4.98 Å². The monoisotopic (exact) mass is 196 g/mol. The maximum atomic E-state index is 12.5. The summed E-state index contributed by atoms with van der Waals surface area (Å²) in [6.45, 7) is 1.97. The second-order valence-electron chi connectivity index (χ2n) is 3.38. The SMILES string of the molecule is Fc1ccc(OC2CCNCC2)cn1. The fourth-order valence-electron chi connectivity index (χ4n) is 1.54. The molecule has 14 heavy (non-hydrogen) atoms. The van der Waals surface area contributed by atoms with Crippen LogP contribution in [0.2, 0.25) is 0 Å². The van der Waals surface area contributed by atoms with Gasteiger partial charge in [0.1, 0.15) is 11.9 Å². The molecule has 1 fully saturated rings. The lowest BCUT2D eigenvalue weighted by Gasteiger charge is -2.23. The molecule has 76 valence electrons. The van der Waals surface area contributed by atoms with Crippen LogP contribution in [0, 0.1) is 5.95 Å². The number of nitrogens with zero attached hydrogens (tertiary/aromatic N) is 1. The Bertz CT molecular complexity index is 283. The highest BCUT2D eigenvalue weighted by molar-refractivity contribution is 5.16. The lowest BCUT2D eigenvalue weighted by molar-refractivity contribution is 0.161. The summed E-state index contributed by atoms with van der Waals surface area (Å²) in [6, 6.07) is 2.93. The van der Waals surface area contributed by atoms with E-state index in [1.165, 1.54) is 12.3 Å². The van der Waals surface area contributed by atoms with Crippen LogP contribution < -0.4 is 10.1 Å². The Balaban J connectivity index is 1.92. The molecule has 0 radical (unpaired) electrons. The van der Waals surface area contributed by atoms with E-state index in [1.807, 2.05) is 0 Å². The van der Waals surface area contributed by atoms with E-state index in [4.69, 9.17) is 4.74 Å². The molecule has 1 aromatic heterocycles. The lowest BCUT2D eigenvalue weighted by Crippen LogP contribution is -2.34. The van der Waals surface area contributed by atoms with Crippen LogP contribution in [0.25, 0.3) is 0 Å². The molecule has 0 aliphatic carbocycles. The molecule has 2 rings (SSSR count). The molecule has 1 aliphatic heterocycles. The summed E-state index contributed by atoms with van der Waals surface area (Å²) < 4.78 is 18.1. The highest BCUT2D eigenvalue weighted by Gasteiger charge is 2.14. The average molecular weight is 196 g/mol. The quantitative estimate of drug-likeness (QED) is 0.725. The molecule has 0 unspecified atom stereocenters. The Morgan fingerprint density at radius 1 is 1.36 bits per heavy atom. The molecular formula is C10H13FN2O. The largest absolute Gasteiger partial charge is 0.489 e. The van der Waals surface area contributed by atoms with Gasteiger partial charge in [0.05, 0.1) is 6.20 Å². The molecule has 1 N–H and O–H groups in total. The molecule has 4 heteroatoms. The zero-order valence-electron chi connectivity index (χ0n) is 7.87. The number of ether oxygens (including phenoxy) is 1. The van der Waals surface area contributed by atoms with Crippen molar-refractivity contribution in [3.05, 3.63) is 24.3 Å².